The molecule has 0 saturated heterocycles. The maximum absolute atomic E-state index is 12.8. The van der Waals surface area contributed by atoms with Gasteiger partial charge in [-0.05, 0) is 49.2 Å². The van der Waals surface area contributed by atoms with E-state index >= 15 is 0 Å². The molecule has 2 aromatic carbocycles. The van der Waals surface area contributed by atoms with E-state index in [0.717, 1.165) is 22.4 Å². The molecule has 5 nitrogen and oxygen atoms in total. The van der Waals surface area contributed by atoms with Crippen molar-refractivity contribution in [1.82, 2.24) is 14.1 Å². The van der Waals surface area contributed by atoms with Crippen molar-refractivity contribution in [1.29, 1.82) is 0 Å². The zero-order chi connectivity index (χ0) is 18.0. The summed E-state index contributed by atoms with van der Waals surface area (Å²) in [5.74, 6) is 0. The van der Waals surface area contributed by atoms with Gasteiger partial charge in [0.1, 0.15) is 0 Å². The Bertz CT molecular complexity index is 979. The van der Waals surface area contributed by atoms with Gasteiger partial charge in [0.2, 0.25) is 10.0 Å². The van der Waals surface area contributed by atoms with Gasteiger partial charge in [0.15, 0.2) is 0 Å². The lowest BCUT2D eigenvalue weighted by Crippen LogP contribution is -2.26. The molecular formula is C19H21N3O2S. The maximum Gasteiger partial charge on any atom is 0.243 e. The van der Waals surface area contributed by atoms with Gasteiger partial charge in [0.05, 0.1) is 16.8 Å². The first-order valence-electron chi connectivity index (χ1n) is 8.00. The molecule has 0 amide bonds. The van der Waals surface area contributed by atoms with Crippen LogP contribution in [0.15, 0.2) is 65.8 Å². The van der Waals surface area contributed by atoms with Crippen molar-refractivity contribution in [3.63, 3.8) is 0 Å². The van der Waals surface area contributed by atoms with Crippen molar-refractivity contribution in [2.24, 2.45) is 0 Å². The average molecular weight is 355 g/mol. The van der Waals surface area contributed by atoms with Crippen LogP contribution in [0, 0.1) is 13.8 Å². The monoisotopic (exact) mass is 355 g/mol. The van der Waals surface area contributed by atoms with Crippen molar-refractivity contribution in [3.05, 3.63) is 77.6 Å². The van der Waals surface area contributed by atoms with Crippen LogP contribution in [0.3, 0.4) is 0 Å². The summed E-state index contributed by atoms with van der Waals surface area (Å²) in [7, 11) is -1.95. The highest BCUT2D eigenvalue weighted by atomic mass is 32.2. The fourth-order valence-electron chi connectivity index (χ4n) is 2.56. The molecule has 130 valence electrons. The Balaban J connectivity index is 1.81. The molecule has 0 N–H and O–H groups in total. The first kappa shape index (κ1) is 17.4. The van der Waals surface area contributed by atoms with Gasteiger partial charge in [-0.15, -0.1) is 0 Å². The molecule has 0 aliphatic carbocycles. The molecule has 0 spiro atoms. The first-order valence-corrected chi connectivity index (χ1v) is 9.44. The highest BCUT2D eigenvalue weighted by molar-refractivity contribution is 7.89. The second kappa shape index (κ2) is 6.82. The van der Waals surface area contributed by atoms with Gasteiger partial charge in [0, 0.05) is 25.4 Å². The smallest absolute Gasteiger partial charge is 0.241 e. The van der Waals surface area contributed by atoms with Crippen molar-refractivity contribution in [3.8, 4) is 5.69 Å². The summed E-state index contributed by atoms with van der Waals surface area (Å²) in [4.78, 5) is 0.313. The van der Waals surface area contributed by atoms with Crippen LogP contribution in [0.4, 0.5) is 0 Å². The Morgan fingerprint density at radius 1 is 1.04 bits per heavy atom. The highest BCUT2D eigenvalue weighted by Crippen LogP contribution is 2.20. The predicted octanol–water partition coefficient (Wildman–Crippen LogP) is 3.31. The minimum Gasteiger partial charge on any atom is -0.241 e. The van der Waals surface area contributed by atoms with E-state index in [1.807, 2.05) is 56.4 Å². The van der Waals surface area contributed by atoms with Crippen LogP contribution >= 0.6 is 0 Å². The van der Waals surface area contributed by atoms with E-state index < -0.39 is 10.0 Å². The third-order valence-corrected chi connectivity index (χ3v) is 6.05. The van der Waals surface area contributed by atoms with Gasteiger partial charge in [0.25, 0.3) is 0 Å². The van der Waals surface area contributed by atoms with Crippen LogP contribution in [0.25, 0.3) is 5.69 Å². The Hall–Kier alpha value is -2.44. The quantitative estimate of drug-likeness (QED) is 0.705. The molecular weight excluding hydrogens is 334 g/mol. The predicted molar refractivity (Wildman–Crippen MR) is 98.1 cm³/mol. The number of rotatable bonds is 5. The molecule has 0 aliphatic rings. The largest absolute Gasteiger partial charge is 0.243 e. The van der Waals surface area contributed by atoms with Crippen LogP contribution in [0.5, 0.6) is 0 Å². The standard InChI is InChI=1S/C19H21N3O2S/c1-15-9-10-19(11-16(15)2)25(23,24)21(3)13-17-12-20-22(14-17)18-7-5-4-6-8-18/h4-12,14H,13H2,1-3H3. The van der Waals surface area contributed by atoms with Crippen molar-refractivity contribution < 1.29 is 8.42 Å². The minimum absolute atomic E-state index is 0.266. The fourth-order valence-corrected chi connectivity index (χ4v) is 3.80. The van der Waals surface area contributed by atoms with Crippen molar-refractivity contribution >= 4 is 10.0 Å². The third kappa shape index (κ3) is 3.65. The highest BCUT2D eigenvalue weighted by Gasteiger charge is 2.21. The lowest BCUT2D eigenvalue weighted by molar-refractivity contribution is 0.466. The van der Waals surface area contributed by atoms with Gasteiger partial charge in [-0.25, -0.2) is 13.1 Å². The van der Waals surface area contributed by atoms with E-state index in [-0.39, 0.29) is 6.54 Å². The van der Waals surface area contributed by atoms with E-state index in [1.54, 1.807) is 30.1 Å². The summed E-state index contributed by atoms with van der Waals surface area (Å²) in [5, 5.41) is 4.32. The summed E-state index contributed by atoms with van der Waals surface area (Å²) in [5.41, 5.74) is 3.81. The summed E-state index contributed by atoms with van der Waals surface area (Å²) in [6, 6.07) is 14.9. The molecule has 1 aromatic heterocycles. The molecule has 0 atom stereocenters. The first-order chi connectivity index (χ1) is 11.9. The van der Waals surface area contributed by atoms with E-state index in [0.29, 0.717) is 4.90 Å². The number of aryl methyl sites for hydroxylation is 2. The summed E-state index contributed by atoms with van der Waals surface area (Å²) in [6.07, 6.45) is 3.54. The molecule has 0 fully saturated rings. The molecule has 1 heterocycles. The number of hydrogen-bond acceptors (Lipinski definition) is 3. The van der Waals surface area contributed by atoms with Gasteiger partial charge in [-0.1, -0.05) is 24.3 Å². The summed E-state index contributed by atoms with van der Waals surface area (Å²) < 4.78 is 28.6. The molecule has 0 bridgehead atoms. The van der Waals surface area contributed by atoms with E-state index in [2.05, 4.69) is 5.10 Å². The average Bonchev–Trinajstić information content (AvgIpc) is 3.06. The Morgan fingerprint density at radius 2 is 1.76 bits per heavy atom. The van der Waals surface area contributed by atoms with E-state index in [1.165, 1.54) is 4.31 Å². The maximum atomic E-state index is 12.8. The van der Waals surface area contributed by atoms with E-state index in [9.17, 15) is 8.42 Å². The number of aromatic nitrogens is 2. The van der Waals surface area contributed by atoms with Gasteiger partial charge in [-0.3, -0.25) is 0 Å². The van der Waals surface area contributed by atoms with Crippen molar-refractivity contribution in [2.45, 2.75) is 25.3 Å². The molecule has 3 rings (SSSR count). The Morgan fingerprint density at radius 3 is 2.44 bits per heavy atom. The normalized spacial score (nSPS) is 11.8. The SMILES string of the molecule is Cc1ccc(S(=O)(=O)N(C)Cc2cnn(-c3ccccc3)c2)cc1C. The second-order valence-electron chi connectivity index (χ2n) is 6.14. The number of nitrogens with zero attached hydrogens (tertiary/aromatic N) is 3. The second-order valence-corrected chi connectivity index (χ2v) is 8.18. The van der Waals surface area contributed by atoms with Gasteiger partial charge in [-0.2, -0.15) is 9.40 Å². The van der Waals surface area contributed by atoms with Crippen LogP contribution in [0.2, 0.25) is 0 Å². The molecule has 0 saturated carbocycles. The van der Waals surface area contributed by atoms with Gasteiger partial charge >= 0.3 is 0 Å². The molecule has 0 radical (unpaired) electrons. The lowest BCUT2D eigenvalue weighted by atomic mass is 10.1. The number of benzene rings is 2. The molecule has 6 heteroatoms. The Kier molecular flexibility index (Phi) is 4.74. The molecule has 0 unspecified atom stereocenters. The van der Waals surface area contributed by atoms with Crippen LogP contribution in [-0.2, 0) is 16.6 Å². The zero-order valence-corrected chi connectivity index (χ0v) is 15.4. The van der Waals surface area contributed by atoms with Gasteiger partial charge < -0.3 is 0 Å². The third-order valence-electron chi connectivity index (χ3n) is 4.25. The Labute approximate surface area is 148 Å². The fraction of sp³-hybridized carbons (Fsp3) is 0.211. The number of sulfonamides is 1. The van der Waals surface area contributed by atoms with Crippen LogP contribution in [0.1, 0.15) is 16.7 Å². The molecule has 25 heavy (non-hydrogen) atoms. The van der Waals surface area contributed by atoms with E-state index in [4.69, 9.17) is 0 Å². The minimum atomic E-state index is -3.54. The van der Waals surface area contributed by atoms with Crippen molar-refractivity contribution in [2.75, 3.05) is 7.05 Å². The molecule has 3 aromatic rings. The summed E-state index contributed by atoms with van der Waals surface area (Å²) in [6.45, 7) is 4.15. The zero-order valence-electron chi connectivity index (χ0n) is 14.5. The van der Waals surface area contributed by atoms with Crippen LogP contribution in [-0.4, -0.2) is 29.6 Å². The summed E-state index contributed by atoms with van der Waals surface area (Å²) >= 11 is 0. The topological polar surface area (TPSA) is 55.2 Å². The number of para-hydroxylation sites is 1. The molecule has 0 aliphatic heterocycles. The lowest BCUT2D eigenvalue weighted by Gasteiger charge is -2.17. The van der Waals surface area contributed by atoms with Crippen LogP contribution < -0.4 is 0 Å². The number of hydrogen-bond donors (Lipinski definition) is 0.